The van der Waals surface area contributed by atoms with Gasteiger partial charge in [-0.1, -0.05) is 6.42 Å². The summed E-state index contributed by atoms with van der Waals surface area (Å²) in [6, 6.07) is 0.247. The van der Waals surface area contributed by atoms with Crippen LogP contribution in [0.1, 0.15) is 50.0 Å². The molecule has 0 aliphatic heterocycles. The third kappa shape index (κ3) is 2.52. The molecule has 0 radical (unpaired) electrons. The van der Waals surface area contributed by atoms with Crippen molar-refractivity contribution in [3.8, 4) is 0 Å². The molecule has 2 fully saturated rings. The zero-order chi connectivity index (χ0) is 14.3. The maximum Gasteiger partial charge on any atom is 0.273 e. The first-order valence-electron chi connectivity index (χ1n) is 7.62. The number of carbonyl (C=O) groups excluding carboxylic acids is 1. The van der Waals surface area contributed by atoms with Gasteiger partial charge in [-0.2, -0.15) is 5.10 Å². The Morgan fingerprint density at radius 1 is 1.55 bits per heavy atom. The lowest BCUT2D eigenvalue weighted by molar-refractivity contribution is 0.0908. The van der Waals surface area contributed by atoms with Gasteiger partial charge >= 0.3 is 0 Å². The van der Waals surface area contributed by atoms with E-state index in [1.807, 2.05) is 13.1 Å². The molecule has 20 heavy (non-hydrogen) atoms. The molecule has 2 aliphatic carbocycles. The number of aromatic nitrogens is 2. The molecule has 1 heterocycles. The van der Waals surface area contributed by atoms with Gasteiger partial charge in [-0.15, -0.1) is 0 Å². The number of halogens is 1. The topological polar surface area (TPSA) is 46.9 Å². The van der Waals surface area contributed by atoms with Gasteiger partial charge in [-0.3, -0.25) is 9.48 Å². The van der Waals surface area contributed by atoms with Crippen LogP contribution in [-0.2, 0) is 6.54 Å². The van der Waals surface area contributed by atoms with Crippen LogP contribution >= 0.6 is 15.9 Å². The standard InChI is InChI=1S/C15H22BrN3O/c1-3-19-8-13(16)14(18-19)15(20)17-9(2)12-7-10-4-5-11(12)6-10/h8-12H,3-7H2,1-2H3,(H,17,20)/t9-,10+,11+,12-/m0/s1. The predicted molar refractivity (Wildman–Crippen MR) is 81.5 cm³/mol. The largest absolute Gasteiger partial charge is 0.348 e. The van der Waals surface area contributed by atoms with Crippen LogP contribution in [0, 0.1) is 17.8 Å². The van der Waals surface area contributed by atoms with Crippen molar-refractivity contribution in [2.75, 3.05) is 0 Å². The Balaban J connectivity index is 1.64. The molecule has 0 aromatic carbocycles. The minimum atomic E-state index is -0.0562. The lowest BCUT2D eigenvalue weighted by atomic mass is 9.84. The van der Waals surface area contributed by atoms with Crippen LogP contribution in [0.25, 0.3) is 0 Å². The van der Waals surface area contributed by atoms with Gasteiger partial charge in [0.1, 0.15) is 0 Å². The molecule has 4 nitrogen and oxygen atoms in total. The second-order valence-electron chi connectivity index (χ2n) is 6.28. The minimum absolute atomic E-state index is 0.0562. The molecule has 1 aromatic heterocycles. The third-order valence-electron chi connectivity index (χ3n) is 5.05. The minimum Gasteiger partial charge on any atom is -0.348 e. The molecule has 1 aromatic rings. The molecule has 2 saturated carbocycles. The Morgan fingerprint density at radius 2 is 2.35 bits per heavy atom. The van der Waals surface area contributed by atoms with Crippen molar-refractivity contribution >= 4 is 21.8 Å². The number of rotatable bonds is 4. The van der Waals surface area contributed by atoms with E-state index in [1.54, 1.807) is 4.68 Å². The Morgan fingerprint density at radius 3 is 2.90 bits per heavy atom. The number of carbonyl (C=O) groups is 1. The molecule has 4 atom stereocenters. The zero-order valence-corrected chi connectivity index (χ0v) is 13.7. The van der Waals surface area contributed by atoms with Crippen molar-refractivity contribution in [3.63, 3.8) is 0 Å². The second kappa shape index (κ2) is 5.51. The summed E-state index contributed by atoms with van der Waals surface area (Å²) in [5.74, 6) is 2.34. The van der Waals surface area contributed by atoms with Crippen molar-refractivity contribution in [3.05, 3.63) is 16.4 Å². The van der Waals surface area contributed by atoms with Crippen molar-refractivity contribution in [1.82, 2.24) is 15.1 Å². The molecule has 2 bridgehead atoms. The summed E-state index contributed by atoms with van der Waals surface area (Å²) >= 11 is 3.42. The normalized spacial score (nSPS) is 29.6. The molecule has 2 aliphatic rings. The highest BCUT2D eigenvalue weighted by atomic mass is 79.9. The molecule has 110 valence electrons. The van der Waals surface area contributed by atoms with Gasteiger partial charge in [0.2, 0.25) is 0 Å². The first-order valence-corrected chi connectivity index (χ1v) is 8.41. The molecule has 1 N–H and O–H groups in total. The molecule has 0 unspecified atom stereocenters. The van der Waals surface area contributed by atoms with E-state index >= 15 is 0 Å². The Labute approximate surface area is 128 Å². The molecule has 3 rings (SSSR count). The van der Waals surface area contributed by atoms with E-state index in [4.69, 9.17) is 0 Å². The number of aryl methyl sites for hydroxylation is 1. The van der Waals surface area contributed by atoms with Crippen LogP contribution in [0.2, 0.25) is 0 Å². The van der Waals surface area contributed by atoms with Gasteiger partial charge in [-0.25, -0.2) is 0 Å². The smallest absolute Gasteiger partial charge is 0.273 e. The maximum atomic E-state index is 12.4. The van der Waals surface area contributed by atoms with Crippen molar-refractivity contribution in [2.45, 2.75) is 52.1 Å². The van der Waals surface area contributed by atoms with E-state index in [9.17, 15) is 4.79 Å². The van der Waals surface area contributed by atoms with E-state index < -0.39 is 0 Å². The fourth-order valence-electron chi connectivity index (χ4n) is 4.00. The highest BCUT2D eigenvalue weighted by molar-refractivity contribution is 9.10. The van der Waals surface area contributed by atoms with Gasteiger partial charge in [0.25, 0.3) is 5.91 Å². The van der Waals surface area contributed by atoms with Gasteiger partial charge in [0.15, 0.2) is 5.69 Å². The number of nitrogens with zero attached hydrogens (tertiary/aromatic N) is 2. The monoisotopic (exact) mass is 339 g/mol. The number of amides is 1. The number of hydrogen-bond acceptors (Lipinski definition) is 2. The van der Waals surface area contributed by atoms with Crippen LogP contribution in [0.4, 0.5) is 0 Å². The summed E-state index contributed by atoms with van der Waals surface area (Å²) in [6.45, 7) is 4.93. The highest BCUT2D eigenvalue weighted by Gasteiger charge is 2.42. The van der Waals surface area contributed by atoms with Gasteiger partial charge in [0.05, 0.1) is 4.47 Å². The van der Waals surface area contributed by atoms with Crippen LogP contribution in [0.5, 0.6) is 0 Å². The van der Waals surface area contributed by atoms with Crippen LogP contribution in [0.15, 0.2) is 10.7 Å². The number of hydrogen-bond donors (Lipinski definition) is 1. The molecule has 5 heteroatoms. The molecular weight excluding hydrogens is 318 g/mol. The fraction of sp³-hybridized carbons (Fsp3) is 0.733. The van der Waals surface area contributed by atoms with Crippen LogP contribution < -0.4 is 5.32 Å². The average Bonchev–Trinajstić information content (AvgIpc) is 3.12. The van der Waals surface area contributed by atoms with Gasteiger partial charge in [0, 0.05) is 18.8 Å². The number of fused-ring (bicyclic) bond motifs is 2. The lowest BCUT2D eigenvalue weighted by Crippen LogP contribution is -2.40. The maximum absolute atomic E-state index is 12.4. The third-order valence-corrected chi connectivity index (χ3v) is 5.63. The first-order chi connectivity index (χ1) is 9.58. The first kappa shape index (κ1) is 14.1. The Kier molecular flexibility index (Phi) is 3.89. The molecule has 1 amide bonds. The van der Waals surface area contributed by atoms with E-state index in [2.05, 4.69) is 33.3 Å². The summed E-state index contributed by atoms with van der Waals surface area (Å²) in [7, 11) is 0. The Bertz CT molecular complexity index is 513. The second-order valence-corrected chi connectivity index (χ2v) is 7.14. The summed E-state index contributed by atoms with van der Waals surface area (Å²) in [5, 5.41) is 7.47. The molecule has 0 saturated heterocycles. The quantitative estimate of drug-likeness (QED) is 0.915. The highest BCUT2D eigenvalue weighted by Crippen LogP contribution is 2.49. The van der Waals surface area contributed by atoms with E-state index in [-0.39, 0.29) is 11.9 Å². The van der Waals surface area contributed by atoms with Crippen LogP contribution in [-0.4, -0.2) is 21.7 Å². The number of nitrogens with one attached hydrogen (secondary N) is 1. The van der Waals surface area contributed by atoms with E-state index in [1.165, 1.54) is 25.7 Å². The Hall–Kier alpha value is -0.840. The van der Waals surface area contributed by atoms with Gasteiger partial charge < -0.3 is 5.32 Å². The summed E-state index contributed by atoms with van der Waals surface area (Å²) in [4.78, 5) is 12.4. The summed E-state index contributed by atoms with van der Waals surface area (Å²) < 4.78 is 2.55. The fourth-order valence-corrected chi connectivity index (χ4v) is 4.50. The van der Waals surface area contributed by atoms with Crippen molar-refractivity contribution < 1.29 is 4.79 Å². The van der Waals surface area contributed by atoms with Gasteiger partial charge in [-0.05, 0) is 66.8 Å². The zero-order valence-electron chi connectivity index (χ0n) is 12.1. The van der Waals surface area contributed by atoms with E-state index in [0.29, 0.717) is 11.6 Å². The van der Waals surface area contributed by atoms with Crippen molar-refractivity contribution in [2.24, 2.45) is 17.8 Å². The summed E-state index contributed by atoms with van der Waals surface area (Å²) in [5.41, 5.74) is 0.502. The SMILES string of the molecule is CCn1cc(Br)c(C(=O)N[C@@H](C)[C@@H]2C[C@@H]3CC[C@@H]2C3)n1. The lowest BCUT2D eigenvalue weighted by Gasteiger charge is -2.28. The molecular formula is C15H22BrN3O. The predicted octanol–water partition coefficient (Wildman–Crippen LogP) is 3.22. The average molecular weight is 340 g/mol. The van der Waals surface area contributed by atoms with Crippen LogP contribution in [0.3, 0.4) is 0 Å². The molecule has 0 spiro atoms. The summed E-state index contributed by atoms with van der Waals surface area (Å²) in [6.07, 6.45) is 7.27. The van der Waals surface area contributed by atoms with Crippen molar-refractivity contribution in [1.29, 1.82) is 0 Å². The van der Waals surface area contributed by atoms with E-state index in [0.717, 1.165) is 22.9 Å².